The number of allylic oxidation sites excluding steroid dienone is 2. The van der Waals surface area contributed by atoms with Gasteiger partial charge in [0.15, 0.2) is 11.4 Å². The van der Waals surface area contributed by atoms with Crippen LogP contribution in [0.2, 0.25) is 0 Å². The van der Waals surface area contributed by atoms with Crippen LogP contribution in [-0.2, 0) is 10.8 Å². The van der Waals surface area contributed by atoms with Gasteiger partial charge < -0.3 is 9.80 Å². The minimum absolute atomic E-state index is 0.100. The molecule has 0 atom stereocenters. The highest BCUT2D eigenvalue weighted by molar-refractivity contribution is 6.08. The van der Waals surface area contributed by atoms with Crippen molar-refractivity contribution in [2.45, 2.75) is 38.5 Å². The SMILES string of the molecule is CN(C)c1ccc(C=CC2=[N+](C)c3cc4c(cc3C2(C)C)[N+](C)=C(C=Cc2ccc(N(C)C)cc2)C4(C)C)cc1. The molecule has 3 aromatic rings. The van der Waals surface area contributed by atoms with Crippen LogP contribution < -0.4 is 9.80 Å². The zero-order valence-electron chi connectivity index (χ0n) is 25.9. The Labute approximate surface area is 240 Å². The molecule has 3 aromatic carbocycles. The van der Waals surface area contributed by atoms with Crippen LogP contribution >= 0.6 is 0 Å². The standard InChI is InChI=1S/C36H44N4/c1-35(2)29-23-32-30(24-31(29)39(9)33(35)21-15-25-11-17-27(18-12-25)37(5)6)36(3,4)34(40(32)10)22-16-26-13-19-28(20-14-26)38(7)8/h11-24H,1-10H3/q+2. The highest BCUT2D eigenvalue weighted by atomic mass is 15.1. The van der Waals surface area contributed by atoms with E-state index in [1.54, 1.807) is 0 Å². The predicted molar refractivity (Wildman–Crippen MR) is 174 cm³/mol. The van der Waals surface area contributed by atoms with E-state index in [2.05, 4.69) is 174 Å². The molecule has 4 heteroatoms. The fourth-order valence-electron chi connectivity index (χ4n) is 6.26. The van der Waals surface area contributed by atoms with E-state index in [1.807, 2.05) is 0 Å². The van der Waals surface area contributed by atoms with Crippen LogP contribution in [0.15, 0.2) is 72.8 Å². The van der Waals surface area contributed by atoms with E-state index in [0.717, 1.165) is 0 Å². The lowest BCUT2D eigenvalue weighted by Crippen LogP contribution is -2.26. The van der Waals surface area contributed by atoms with Crippen molar-refractivity contribution in [1.82, 2.24) is 0 Å². The third-order valence-corrected chi connectivity index (χ3v) is 8.87. The number of rotatable bonds is 6. The normalized spacial score (nSPS) is 17.2. The van der Waals surface area contributed by atoms with Gasteiger partial charge in [-0.2, -0.15) is 9.15 Å². The molecule has 0 spiro atoms. The summed E-state index contributed by atoms with van der Waals surface area (Å²) in [5.41, 5.74) is 12.6. The molecule has 0 radical (unpaired) electrons. The van der Waals surface area contributed by atoms with Crippen LogP contribution in [0.3, 0.4) is 0 Å². The summed E-state index contributed by atoms with van der Waals surface area (Å²) in [6, 6.07) is 22.3. The van der Waals surface area contributed by atoms with E-state index in [0.29, 0.717) is 0 Å². The van der Waals surface area contributed by atoms with Crippen molar-refractivity contribution in [2.75, 3.05) is 52.1 Å². The fourth-order valence-corrected chi connectivity index (χ4v) is 6.26. The number of hydrogen-bond acceptors (Lipinski definition) is 2. The van der Waals surface area contributed by atoms with Gasteiger partial charge in [-0.3, -0.25) is 0 Å². The van der Waals surface area contributed by atoms with Crippen LogP contribution in [-0.4, -0.2) is 62.9 Å². The molecule has 5 rings (SSSR count). The van der Waals surface area contributed by atoms with Crippen molar-refractivity contribution in [3.63, 3.8) is 0 Å². The molecule has 0 fully saturated rings. The fraction of sp³-hybridized carbons (Fsp3) is 0.333. The Bertz CT molecular complexity index is 1450. The molecule has 4 nitrogen and oxygen atoms in total. The molecule has 0 N–H and O–H groups in total. The summed E-state index contributed by atoms with van der Waals surface area (Å²) in [4.78, 5) is 4.26. The molecular weight excluding hydrogens is 488 g/mol. The third-order valence-electron chi connectivity index (χ3n) is 8.87. The van der Waals surface area contributed by atoms with E-state index in [1.165, 1.54) is 56.4 Å². The van der Waals surface area contributed by atoms with Crippen molar-refractivity contribution in [3.8, 4) is 0 Å². The first kappa shape index (κ1) is 27.6. The minimum Gasteiger partial charge on any atom is -0.378 e. The molecule has 2 heterocycles. The van der Waals surface area contributed by atoms with Gasteiger partial charge in [0.1, 0.15) is 14.1 Å². The van der Waals surface area contributed by atoms with Crippen molar-refractivity contribution in [1.29, 1.82) is 0 Å². The highest BCUT2D eigenvalue weighted by Crippen LogP contribution is 2.48. The summed E-state index contributed by atoms with van der Waals surface area (Å²) in [7, 11) is 12.7. The molecule has 0 amide bonds. The molecule has 0 saturated heterocycles. The number of hydrogen-bond donors (Lipinski definition) is 0. The minimum atomic E-state index is -0.100. The molecular formula is C36H44N4+2. The van der Waals surface area contributed by atoms with Gasteiger partial charge in [-0.05, 0) is 75.2 Å². The van der Waals surface area contributed by atoms with Gasteiger partial charge in [-0.25, -0.2) is 0 Å². The molecule has 2 aliphatic heterocycles. The maximum atomic E-state index is 2.43. The number of nitrogens with zero attached hydrogens (tertiary/aromatic N) is 4. The average Bonchev–Trinajstić information content (AvgIpc) is 3.22. The maximum absolute atomic E-state index is 2.43. The Morgan fingerprint density at radius 2 is 0.850 bits per heavy atom. The van der Waals surface area contributed by atoms with Crippen LogP contribution in [0.4, 0.5) is 22.7 Å². The summed E-state index contributed by atoms with van der Waals surface area (Å²) >= 11 is 0. The molecule has 0 aliphatic carbocycles. The number of fused-ring (bicyclic) bond motifs is 2. The zero-order chi connectivity index (χ0) is 29.0. The Hall–Kier alpha value is -3.92. The van der Waals surface area contributed by atoms with Crippen LogP contribution in [0, 0.1) is 0 Å². The molecule has 0 saturated carbocycles. The summed E-state index contributed by atoms with van der Waals surface area (Å²) in [6.07, 6.45) is 9.08. The molecule has 0 aromatic heterocycles. The molecule has 40 heavy (non-hydrogen) atoms. The first-order valence-electron chi connectivity index (χ1n) is 14.1. The Morgan fingerprint density at radius 3 is 1.15 bits per heavy atom. The quantitative estimate of drug-likeness (QED) is 0.310. The van der Waals surface area contributed by atoms with E-state index in [9.17, 15) is 0 Å². The lowest BCUT2D eigenvalue weighted by molar-refractivity contribution is -0.404. The lowest BCUT2D eigenvalue weighted by atomic mass is 9.77. The summed E-state index contributed by atoms with van der Waals surface area (Å²) in [5.74, 6) is 0. The molecule has 2 aliphatic rings. The molecule has 0 bridgehead atoms. The molecule has 0 unspecified atom stereocenters. The monoisotopic (exact) mass is 532 g/mol. The second kappa shape index (κ2) is 9.92. The number of benzene rings is 3. The Morgan fingerprint density at radius 1 is 0.525 bits per heavy atom. The van der Waals surface area contributed by atoms with Crippen molar-refractivity contribution < 1.29 is 9.15 Å². The molecule has 206 valence electrons. The van der Waals surface area contributed by atoms with E-state index in [-0.39, 0.29) is 10.8 Å². The Kier molecular flexibility index (Phi) is 6.86. The second-order valence-electron chi connectivity index (χ2n) is 12.7. The average molecular weight is 533 g/mol. The predicted octanol–water partition coefficient (Wildman–Crippen LogP) is 7.26. The number of anilines is 2. The van der Waals surface area contributed by atoms with Gasteiger partial charge >= 0.3 is 0 Å². The van der Waals surface area contributed by atoms with Crippen LogP contribution in [0.25, 0.3) is 12.2 Å². The van der Waals surface area contributed by atoms with Crippen LogP contribution in [0.1, 0.15) is 49.9 Å². The van der Waals surface area contributed by atoms with E-state index >= 15 is 0 Å². The van der Waals surface area contributed by atoms with Gasteiger partial charge in [0.2, 0.25) is 11.4 Å². The van der Waals surface area contributed by atoms with E-state index in [4.69, 9.17) is 0 Å². The summed E-state index contributed by atoms with van der Waals surface area (Å²) in [6.45, 7) is 9.38. The highest BCUT2D eigenvalue weighted by Gasteiger charge is 2.49. The second-order valence-corrected chi connectivity index (χ2v) is 12.7. The first-order valence-corrected chi connectivity index (χ1v) is 14.1. The Balaban J connectivity index is 1.47. The van der Waals surface area contributed by atoms with Gasteiger partial charge in [0, 0.05) is 75.0 Å². The summed E-state index contributed by atoms with van der Waals surface area (Å²) < 4.78 is 4.77. The zero-order valence-corrected chi connectivity index (χ0v) is 25.9. The smallest absolute Gasteiger partial charge is 0.210 e. The first-order chi connectivity index (χ1) is 18.8. The van der Waals surface area contributed by atoms with Gasteiger partial charge in [0.25, 0.3) is 0 Å². The van der Waals surface area contributed by atoms with Gasteiger partial charge in [-0.1, -0.05) is 24.3 Å². The topological polar surface area (TPSA) is 12.5 Å². The van der Waals surface area contributed by atoms with Gasteiger partial charge in [-0.15, -0.1) is 0 Å². The van der Waals surface area contributed by atoms with Crippen molar-refractivity contribution in [3.05, 3.63) is 95.1 Å². The lowest BCUT2D eigenvalue weighted by Gasteiger charge is -2.17. The van der Waals surface area contributed by atoms with E-state index < -0.39 is 0 Å². The van der Waals surface area contributed by atoms with Crippen molar-refractivity contribution >= 4 is 46.3 Å². The van der Waals surface area contributed by atoms with Crippen LogP contribution in [0.5, 0.6) is 0 Å². The third kappa shape index (κ3) is 4.60. The maximum Gasteiger partial charge on any atom is 0.210 e. The van der Waals surface area contributed by atoms with Crippen molar-refractivity contribution in [2.24, 2.45) is 0 Å². The summed E-state index contributed by atoms with van der Waals surface area (Å²) in [5, 5.41) is 0. The largest absolute Gasteiger partial charge is 0.378 e. The van der Waals surface area contributed by atoms with Gasteiger partial charge in [0.05, 0.1) is 10.8 Å².